The van der Waals surface area contributed by atoms with Crippen LogP contribution < -0.4 is 4.90 Å². The fourth-order valence-corrected chi connectivity index (χ4v) is 3.70. The molecule has 4 heterocycles. The van der Waals surface area contributed by atoms with Crippen molar-refractivity contribution in [2.45, 2.75) is 38.4 Å². The Balaban J connectivity index is 1.50. The number of amides is 1. The largest absolute Gasteiger partial charge is 0.393 e. The third kappa shape index (κ3) is 4.19. The third-order valence-corrected chi connectivity index (χ3v) is 5.11. The molecule has 0 unspecified atom stereocenters. The average Bonchev–Trinajstić information content (AvgIpc) is 2.63. The maximum atomic E-state index is 13.0. The second-order valence-corrected chi connectivity index (χ2v) is 7.67. The highest BCUT2D eigenvalue weighted by atomic mass is 19.4. The molecular weight excluding hydrogens is 409 g/mol. The number of hydrogen-bond acceptors (Lipinski definition) is 5. The summed E-state index contributed by atoms with van der Waals surface area (Å²) >= 11 is 0. The highest BCUT2D eigenvalue weighted by molar-refractivity contribution is 5.93. The van der Waals surface area contributed by atoms with Crippen molar-refractivity contribution in [2.75, 3.05) is 24.5 Å². The standard InChI is InChI=1S/C19H18F5N5O/c1-11-4-15(17(30)29-9-18(20,21)10-29)26-27-16(11)28-3-2-14-13(8-28)5-12(7-25-14)6-19(22,23)24/h4-5,7H,2-3,6,8-10H2,1H3. The monoisotopic (exact) mass is 427 g/mol. The normalized spacial score (nSPS) is 18.1. The van der Waals surface area contributed by atoms with E-state index in [1.165, 1.54) is 18.3 Å². The zero-order valence-electron chi connectivity index (χ0n) is 16.0. The number of carbonyl (C=O) groups excluding carboxylic acids is 1. The molecule has 1 fully saturated rings. The molecule has 30 heavy (non-hydrogen) atoms. The van der Waals surface area contributed by atoms with Crippen molar-refractivity contribution in [3.8, 4) is 0 Å². The second-order valence-electron chi connectivity index (χ2n) is 7.67. The molecule has 2 aliphatic rings. The van der Waals surface area contributed by atoms with E-state index >= 15 is 0 Å². The van der Waals surface area contributed by atoms with Crippen LogP contribution in [0.5, 0.6) is 0 Å². The van der Waals surface area contributed by atoms with Crippen LogP contribution in [0.3, 0.4) is 0 Å². The Morgan fingerprint density at radius 2 is 1.93 bits per heavy atom. The minimum atomic E-state index is -4.31. The zero-order chi connectivity index (χ0) is 21.7. The Morgan fingerprint density at radius 1 is 1.20 bits per heavy atom. The van der Waals surface area contributed by atoms with Crippen molar-refractivity contribution < 1.29 is 26.7 Å². The topological polar surface area (TPSA) is 62.2 Å². The summed E-state index contributed by atoms with van der Waals surface area (Å²) in [6.07, 6.45) is -3.56. The Hall–Kier alpha value is -2.85. The van der Waals surface area contributed by atoms with E-state index in [1.807, 2.05) is 4.90 Å². The lowest BCUT2D eigenvalue weighted by atomic mass is 10.0. The summed E-state index contributed by atoms with van der Waals surface area (Å²) < 4.78 is 64.0. The molecule has 4 rings (SSSR count). The molecule has 0 saturated carbocycles. The maximum absolute atomic E-state index is 13.0. The average molecular weight is 427 g/mol. The number of fused-ring (bicyclic) bond motifs is 1. The highest BCUT2D eigenvalue weighted by Gasteiger charge is 2.46. The molecule has 11 heteroatoms. The summed E-state index contributed by atoms with van der Waals surface area (Å²) in [6.45, 7) is 1.31. The van der Waals surface area contributed by atoms with Crippen LogP contribution in [0.25, 0.3) is 0 Å². The summed E-state index contributed by atoms with van der Waals surface area (Å²) in [6, 6.07) is 3.00. The Kier molecular flexibility index (Phi) is 4.86. The van der Waals surface area contributed by atoms with Crippen molar-refractivity contribution in [3.63, 3.8) is 0 Å². The minimum absolute atomic E-state index is 0.0155. The molecule has 0 bridgehead atoms. The smallest absolute Gasteiger partial charge is 0.350 e. The number of aromatic nitrogens is 3. The number of pyridine rings is 1. The molecular formula is C19H18F5N5O. The number of rotatable bonds is 3. The van der Waals surface area contributed by atoms with Gasteiger partial charge in [0.25, 0.3) is 11.8 Å². The van der Waals surface area contributed by atoms with Crippen molar-refractivity contribution in [1.29, 1.82) is 0 Å². The van der Waals surface area contributed by atoms with Gasteiger partial charge in [-0.1, -0.05) is 6.07 Å². The van der Waals surface area contributed by atoms with Gasteiger partial charge >= 0.3 is 6.18 Å². The lowest BCUT2D eigenvalue weighted by Crippen LogP contribution is -2.58. The van der Waals surface area contributed by atoms with Gasteiger partial charge in [0.2, 0.25) is 0 Å². The van der Waals surface area contributed by atoms with Crippen LogP contribution >= 0.6 is 0 Å². The predicted octanol–water partition coefficient (Wildman–Crippen LogP) is 2.94. The Bertz CT molecular complexity index is 986. The van der Waals surface area contributed by atoms with Crippen LogP contribution in [0.15, 0.2) is 18.3 Å². The second kappa shape index (κ2) is 7.13. The predicted molar refractivity (Wildman–Crippen MR) is 96.4 cm³/mol. The first-order chi connectivity index (χ1) is 14.0. The summed E-state index contributed by atoms with van der Waals surface area (Å²) in [4.78, 5) is 19.3. The van der Waals surface area contributed by atoms with E-state index in [4.69, 9.17) is 0 Å². The molecule has 2 aromatic heterocycles. The molecule has 6 nitrogen and oxygen atoms in total. The number of anilines is 1. The molecule has 0 aromatic carbocycles. The number of likely N-dealkylation sites (tertiary alicyclic amines) is 1. The number of halogens is 5. The summed E-state index contributed by atoms with van der Waals surface area (Å²) in [7, 11) is 0. The van der Waals surface area contributed by atoms with Gasteiger partial charge in [0, 0.05) is 31.4 Å². The first-order valence-corrected chi connectivity index (χ1v) is 9.30. The minimum Gasteiger partial charge on any atom is -0.350 e. The van der Waals surface area contributed by atoms with Gasteiger partial charge in [0.1, 0.15) is 0 Å². The van der Waals surface area contributed by atoms with Gasteiger partial charge in [-0.05, 0) is 29.7 Å². The number of hydrogen-bond donors (Lipinski definition) is 0. The van der Waals surface area contributed by atoms with Crippen LogP contribution in [0.1, 0.15) is 32.9 Å². The first kappa shape index (κ1) is 20.4. The quantitative estimate of drug-likeness (QED) is 0.705. The van der Waals surface area contributed by atoms with Gasteiger partial charge in [-0.15, -0.1) is 10.2 Å². The van der Waals surface area contributed by atoms with E-state index in [-0.39, 0.29) is 11.3 Å². The van der Waals surface area contributed by atoms with Gasteiger partial charge in [-0.2, -0.15) is 13.2 Å². The van der Waals surface area contributed by atoms with Crippen LogP contribution in [0.4, 0.5) is 27.8 Å². The van der Waals surface area contributed by atoms with Crippen molar-refractivity contribution in [2.24, 2.45) is 0 Å². The van der Waals surface area contributed by atoms with E-state index in [0.717, 1.165) is 10.6 Å². The molecule has 0 N–H and O–H groups in total. The van der Waals surface area contributed by atoms with Crippen molar-refractivity contribution in [3.05, 3.63) is 46.4 Å². The number of carbonyl (C=O) groups is 1. The van der Waals surface area contributed by atoms with Gasteiger partial charge in [-0.3, -0.25) is 9.78 Å². The zero-order valence-corrected chi connectivity index (χ0v) is 16.0. The molecule has 1 saturated heterocycles. The van der Waals surface area contributed by atoms with Crippen LogP contribution in [0.2, 0.25) is 0 Å². The molecule has 0 atom stereocenters. The number of aryl methyl sites for hydroxylation is 1. The first-order valence-electron chi connectivity index (χ1n) is 9.30. The summed E-state index contributed by atoms with van der Waals surface area (Å²) in [5.41, 5.74) is 2.14. The van der Waals surface area contributed by atoms with E-state index in [9.17, 15) is 26.7 Å². The number of nitrogens with zero attached hydrogens (tertiary/aromatic N) is 5. The van der Waals surface area contributed by atoms with Crippen LogP contribution in [-0.2, 0) is 19.4 Å². The number of alkyl halides is 5. The summed E-state index contributed by atoms with van der Waals surface area (Å²) in [5, 5.41) is 7.99. The fraction of sp³-hybridized carbons (Fsp3) is 0.474. The Morgan fingerprint density at radius 3 is 2.57 bits per heavy atom. The van der Waals surface area contributed by atoms with E-state index < -0.39 is 37.5 Å². The molecule has 0 radical (unpaired) electrons. The maximum Gasteiger partial charge on any atom is 0.393 e. The van der Waals surface area contributed by atoms with Crippen LogP contribution in [-0.4, -0.2) is 57.7 Å². The molecule has 1 amide bonds. The van der Waals surface area contributed by atoms with E-state index in [0.29, 0.717) is 36.5 Å². The third-order valence-electron chi connectivity index (χ3n) is 5.11. The van der Waals surface area contributed by atoms with Gasteiger partial charge < -0.3 is 9.80 Å². The lowest BCUT2D eigenvalue weighted by Gasteiger charge is -2.38. The molecule has 2 aromatic rings. The van der Waals surface area contributed by atoms with Crippen molar-refractivity contribution in [1.82, 2.24) is 20.1 Å². The highest BCUT2D eigenvalue weighted by Crippen LogP contribution is 2.29. The lowest BCUT2D eigenvalue weighted by molar-refractivity contribution is -0.127. The van der Waals surface area contributed by atoms with E-state index in [2.05, 4.69) is 15.2 Å². The van der Waals surface area contributed by atoms with Gasteiger partial charge in [-0.25, -0.2) is 8.78 Å². The SMILES string of the molecule is Cc1cc(C(=O)N2CC(F)(F)C2)nnc1N1CCc2ncc(CC(F)(F)F)cc2C1. The molecule has 160 valence electrons. The van der Waals surface area contributed by atoms with Gasteiger partial charge in [0.15, 0.2) is 11.5 Å². The molecule has 0 aliphatic carbocycles. The fourth-order valence-electron chi connectivity index (χ4n) is 3.70. The van der Waals surface area contributed by atoms with Crippen molar-refractivity contribution >= 4 is 11.7 Å². The van der Waals surface area contributed by atoms with E-state index in [1.54, 1.807) is 6.92 Å². The molecule has 0 spiro atoms. The molecule has 2 aliphatic heterocycles. The van der Waals surface area contributed by atoms with Crippen LogP contribution in [0, 0.1) is 6.92 Å². The summed E-state index contributed by atoms with van der Waals surface area (Å²) in [5.74, 6) is -2.97. The Labute approximate surface area is 168 Å². The van der Waals surface area contributed by atoms with Gasteiger partial charge in [0.05, 0.1) is 19.5 Å².